The van der Waals surface area contributed by atoms with E-state index in [9.17, 15) is 0 Å². The Morgan fingerprint density at radius 3 is 1.59 bits per heavy atom. The molecule has 2 aromatic rings. The van der Waals surface area contributed by atoms with E-state index < -0.39 is 7.92 Å². The Morgan fingerprint density at radius 2 is 1.24 bits per heavy atom. The summed E-state index contributed by atoms with van der Waals surface area (Å²) in [4.78, 5) is 0. The first kappa shape index (κ1) is 11.9. The molecule has 0 atom stereocenters. The van der Waals surface area contributed by atoms with Gasteiger partial charge in [-0.2, -0.15) is 0 Å². The van der Waals surface area contributed by atoms with E-state index in [1.54, 1.807) is 0 Å². The van der Waals surface area contributed by atoms with E-state index in [2.05, 4.69) is 68.0 Å². The second-order valence-electron chi connectivity index (χ2n) is 4.04. The highest BCUT2D eigenvalue weighted by molar-refractivity contribution is 7.77. The second-order valence-corrected chi connectivity index (χ2v) is 5.93. The van der Waals surface area contributed by atoms with Crippen LogP contribution < -0.4 is 10.6 Å². The van der Waals surface area contributed by atoms with Crippen LogP contribution in [0, 0.1) is 25.9 Å². The Morgan fingerprint density at radius 1 is 0.824 bits per heavy atom. The van der Waals surface area contributed by atoms with Gasteiger partial charge in [-0.25, -0.2) is 0 Å². The summed E-state index contributed by atoms with van der Waals surface area (Å²) in [5, 5.41) is 2.58. The average molecular weight is 238 g/mol. The van der Waals surface area contributed by atoms with Crippen molar-refractivity contribution in [3.05, 3.63) is 59.7 Å². The lowest BCUT2D eigenvalue weighted by atomic mass is 10.2. The normalized spacial score (nSPS) is 10.2. The van der Waals surface area contributed by atoms with Gasteiger partial charge in [-0.1, -0.05) is 54.2 Å². The molecule has 2 rings (SSSR count). The third-order valence-corrected chi connectivity index (χ3v) is 5.07. The zero-order chi connectivity index (χ0) is 12.3. The summed E-state index contributed by atoms with van der Waals surface area (Å²) in [6, 6.07) is 16.8. The molecule has 0 saturated heterocycles. The second kappa shape index (κ2) is 5.17. The maximum Gasteiger partial charge on any atom is 0.0346 e. The zero-order valence-electron chi connectivity index (χ0n) is 10.1. The first-order valence-electron chi connectivity index (χ1n) is 5.61. The lowest BCUT2D eigenvalue weighted by Gasteiger charge is -2.16. The van der Waals surface area contributed by atoms with Gasteiger partial charge in [0.1, 0.15) is 0 Å². The molecule has 0 radical (unpaired) electrons. The fourth-order valence-corrected chi connectivity index (χ4v) is 3.76. The van der Waals surface area contributed by atoms with E-state index in [1.165, 1.54) is 21.7 Å². The molecule has 0 saturated carbocycles. The van der Waals surface area contributed by atoms with Crippen molar-refractivity contribution in [3.63, 3.8) is 0 Å². The molecule has 0 aliphatic heterocycles. The van der Waals surface area contributed by atoms with Crippen molar-refractivity contribution in [2.75, 3.05) is 0 Å². The van der Waals surface area contributed by atoms with E-state index in [0.717, 1.165) is 0 Å². The van der Waals surface area contributed by atoms with Crippen LogP contribution in [0.4, 0.5) is 0 Å². The third-order valence-electron chi connectivity index (χ3n) is 2.84. The minimum atomic E-state index is -0.663. The summed E-state index contributed by atoms with van der Waals surface area (Å²) >= 11 is 0. The molecule has 0 aromatic heterocycles. The van der Waals surface area contributed by atoms with Crippen molar-refractivity contribution in [1.82, 2.24) is 0 Å². The van der Waals surface area contributed by atoms with Gasteiger partial charge in [0, 0.05) is 7.92 Å². The van der Waals surface area contributed by atoms with Crippen molar-refractivity contribution < 1.29 is 0 Å². The number of terminal acetylenes is 1. The Bertz CT molecular complexity index is 518. The predicted octanol–water partition coefficient (Wildman–Crippen LogP) is 3.33. The van der Waals surface area contributed by atoms with Crippen LogP contribution in [0.2, 0.25) is 0 Å². The molecule has 0 amide bonds. The number of aryl methyl sites for hydroxylation is 2. The van der Waals surface area contributed by atoms with Gasteiger partial charge in [-0.3, -0.25) is 0 Å². The van der Waals surface area contributed by atoms with Crippen LogP contribution in [0.5, 0.6) is 0 Å². The van der Waals surface area contributed by atoms with Gasteiger partial charge in [0.2, 0.25) is 0 Å². The van der Waals surface area contributed by atoms with Crippen LogP contribution >= 0.6 is 7.92 Å². The number of benzene rings is 2. The van der Waals surface area contributed by atoms with Crippen molar-refractivity contribution in [1.29, 1.82) is 0 Å². The van der Waals surface area contributed by atoms with Crippen LogP contribution in [0.15, 0.2) is 48.5 Å². The molecule has 0 aliphatic carbocycles. The number of hydrogen-bond acceptors (Lipinski definition) is 0. The monoisotopic (exact) mass is 238 g/mol. The van der Waals surface area contributed by atoms with Crippen LogP contribution in [0.1, 0.15) is 11.1 Å². The molecular formula is C16H15P. The highest BCUT2D eigenvalue weighted by atomic mass is 31.1. The van der Waals surface area contributed by atoms with Crippen molar-refractivity contribution in [3.8, 4) is 12.1 Å². The van der Waals surface area contributed by atoms with Gasteiger partial charge in [-0.05, 0) is 35.6 Å². The minimum absolute atomic E-state index is 0.663. The molecule has 2 aromatic carbocycles. The summed E-state index contributed by atoms with van der Waals surface area (Å²) < 4.78 is 0. The molecule has 0 aliphatic rings. The van der Waals surface area contributed by atoms with Gasteiger partial charge in [0.05, 0.1) is 0 Å². The Hall–Kier alpha value is -1.57. The van der Waals surface area contributed by atoms with Crippen molar-refractivity contribution in [2.45, 2.75) is 13.8 Å². The molecule has 0 fully saturated rings. The molecule has 0 bridgehead atoms. The fourth-order valence-electron chi connectivity index (χ4n) is 1.90. The molecule has 0 unspecified atom stereocenters. The smallest absolute Gasteiger partial charge is 0.0346 e. The highest BCUT2D eigenvalue weighted by Gasteiger charge is 2.14. The minimum Gasteiger partial charge on any atom is -0.115 e. The van der Waals surface area contributed by atoms with E-state index in [-0.39, 0.29) is 0 Å². The predicted molar refractivity (Wildman–Crippen MR) is 77.4 cm³/mol. The van der Waals surface area contributed by atoms with Crippen LogP contribution in [-0.2, 0) is 0 Å². The molecule has 17 heavy (non-hydrogen) atoms. The molecule has 0 nitrogen and oxygen atoms in total. The summed E-state index contributed by atoms with van der Waals surface area (Å²) in [7, 11) is -0.663. The first-order chi connectivity index (χ1) is 8.24. The van der Waals surface area contributed by atoms with E-state index >= 15 is 0 Å². The van der Waals surface area contributed by atoms with E-state index in [0.29, 0.717) is 0 Å². The SMILES string of the molecule is C#CP(c1ccccc1C)c1ccccc1C. The Kier molecular flexibility index (Phi) is 3.62. The molecule has 0 heterocycles. The quantitative estimate of drug-likeness (QED) is 0.556. The summed E-state index contributed by atoms with van der Waals surface area (Å²) in [5.41, 5.74) is 5.54. The summed E-state index contributed by atoms with van der Waals surface area (Å²) in [5.74, 6) is 0. The van der Waals surface area contributed by atoms with Crippen LogP contribution in [0.3, 0.4) is 0 Å². The average Bonchev–Trinajstić information content (AvgIpc) is 2.34. The van der Waals surface area contributed by atoms with Gasteiger partial charge < -0.3 is 0 Å². The lowest BCUT2D eigenvalue weighted by molar-refractivity contribution is 1.51. The maximum atomic E-state index is 5.75. The van der Waals surface area contributed by atoms with Crippen molar-refractivity contribution >= 4 is 18.5 Å². The molecule has 0 N–H and O–H groups in total. The van der Waals surface area contributed by atoms with E-state index in [1.807, 2.05) is 0 Å². The first-order valence-corrected chi connectivity index (χ1v) is 6.96. The van der Waals surface area contributed by atoms with Gasteiger partial charge in [0.25, 0.3) is 0 Å². The summed E-state index contributed by atoms with van der Waals surface area (Å²) in [6.07, 6.45) is 5.75. The lowest BCUT2D eigenvalue weighted by Crippen LogP contribution is -2.15. The summed E-state index contributed by atoms with van der Waals surface area (Å²) in [6.45, 7) is 4.25. The maximum absolute atomic E-state index is 5.75. The van der Waals surface area contributed by atoms with Gasteiger partial charge >= 0.3 is 0 Å². The van der Waals surface area contributed by atoms with Crippen LogP contribution in [0.25, 0.3) is 0 Å². The number of rotatable bonds is 2. The molecule has 1 heteroatoms. The van der Waals surface area contributed by atoms with Crippen molar-refractivity contribution in [2.24, 2.45) is 0 Å². The molecule has 84 valence electrons. The molecular weight excluding hydrogens is 223 g/mol. The fraction of sp³-hybridized carbons (Fsp3) is 0.125. The van der Waals surface area contributed by atoms with Crippen LogP contribution in [-0.4, -0.2) is 0 Å². The largest absolute Gasteiger partial charge is 0.115 e. The zero-order valence-corrected chi connectivity index (χ0v) is 11.0. The van der Waals surface area contributed by atoms with E-state index in [4.69, 9.17) is 6.42 Å². The standard InChI is InChI=1S/C16H15P/c1-4-17(15-11-7-5-9-13(15)2)16-12-8-6-10-14(16)3/h1,5-12H,2-3H3. The Balaban J connectivity index is 2.53. The Labute approximate surface area is 104 Å². The van der Waals surface area contributed by atoms with Gasteiger partial charge in [0.15, 0.2) is 0 Å². The molecule has 0 spiro atoms. The highest BCUT2D eigenvalue weighted by Crippen LogP contribution is 2.33. The van der Waals surface area contributed by atoms with Gasteiger partial charge in [-0.15, -0.1) is 6.42 Å². The number of hydrogen-bond donors (Lipinski definition) is 0. The third kappa shape index (κ3) is 2.41. The topological polar surface area (TPSA) is 0 Å².